The molecule has 1 aliphatic rings. The van der Waals surface area contributed by atoms with Crippen molar-refractivity contribution < 1.29 is 42.1 Å². The lowest BCUT2D eigenvalue weighted by Crippen LogP contribution is -2.41. The Morgan fingerprint density at radius 1 is 1.14 bits per heavy atom. The number of rotatable bonds is 5. The summed E-state index contributed by atoms with van der Waals surface area (Å²) >= 11 is 6.28. The number of amides is 1. The van der Waals surface area contributed by atoms with Gasteiger partial charge in [0.1, 0.15) is 5.75 Å². The number of carbonyl (C=O) groups excluding carboxylic acids is 1. The molecule has 9 nitrogen and oxygen atoms in total. The molecule has 1 unspecified atom stereocenters. The van der Waals surface area contributed by atoms with Gasteiger partial charge in [-0.3, -0.25) is 4.79 Å². The van der Waals surface area contributed by atoms with Crippen LogP contribution in [0.15, 0.2) is 60.8 Å². The molecule has 2 N–H and O–H groups in total. The Morgan fingerprint density at radius 3 is 2.54 bits per heavy atom. The molecule has 0 radical (unpaired) electrons. The standard InChI is InChI=1S/C22H15ClF3N3O6/c23-15-4-2-10-27-19(15)29-11-17(34-21(31)32)33-18-14(3-1-5-16(18)29)20(30)28-12-6-8-13(9-7-12)35-22(24,25)26/h1-10,17H,11H2,(H,28,30)(H,31,32). The van der Waals surface area contributed by atoms with Gasteiger partial charge < -0.3 is 29.5 Å². The number of hydrogen-bond donors (Lipinski definition) is 2. The van der Waals surface area contributed by atoms with E-state index in [1.165, 1.54) is 24.4 Å². The van der Waals surface area contributed by atoms with E-state index in [1.807, 2.05) is 0 Å². The molecule has 1 amide bonds. The number of hydrogen-bond acceptors (Lipinski definition) is 7. The molecular formula is C22H15ClF3N3O6. The van der Waals surface area contributed by atoms with Crippen LogP contribution in [0.2, 0.25) is 5.02 Å². The van der Waals surface area contributed by atoms with Crippen LogP contribution in [0.4, 0.5) is 35.2 Å². The van der Waals surface area contributed by atoms with Crippen molar-refractivity contribution in [2.24, 2.45) is 0 Å². The molecule has 0 spiro atoms. The van der Waals surface area contributed by atoms with Crippen LogP contribution in [-0.2, 0) is 4.74 Å². The van der Waals surface area contributed by atoms with Crippen LogP contribution in [0.1, 0.15) is 10.4 Å². The first-order chi connectivity index (χ1) is 16.6. The van der Waals surface area contributed by atoms with Crippen molar-refractivity contribution in [2.45, 2.75) is 12.7 Å². The molecule has 0 saturated carbocycles. The van der Waals surface area contributed by atoms with Gasteiger partial charge in [-0.15, -0.1) is 13.2 Å². The van der Waals surface area contributed by atoms with E-state index in [0.29, 0.717) is 5.69 Å². The van der Waals surface area contributed by atoms with Crippen LogP contribution >= 0.6 is 11.6 Å². The molecule has 2 aromatic carbocycles. The van der Waals surface area contributed by atoms with E-state index in [1.54, 1.807) is 29.2 Å². The number of benzene rings is 2. The van der Waals surface area contributed by atoms with Gasteiger partial charge in [0.25, 0.3) is 12.2 Å². The molecular weight excluding hydrogens is 495 g/mol. The maximum absolute atomic E-state index is 13.0. The molecule has 0 fully saturated rings. The zero-order valence-electron chi connectivity index (χ0n) is 17.5. The summed E-state index contributed by atoms with van der Waals surface area (Å²) in [6.07, 6.45) is -6.26. The summed E-state index contributed by atoms with van der Waals surface area (Å²) < 4.78 is 51.3. The van der Waals surface area contributed by atoms with E-state index in [0.717, 1.165) is 12.1 Å². The van der Waals surface area contributed by atoms with Gasteiger partial charge in [-0.1, -0.05) is 17.7 Å². The first-order valence-corrected chi connectivity index (χ1v) is 10.2. The Morgan fingerprint density at radius 2 is 1.89 bits per heavy atom. The van der Waals surface area contributed by atoms with Crippen LogP contribution < -0.4 is 19.7 Å². The summed E-state index contributed by atoms with van der Waals surface area (Å²) in [6.45, 7) is -0.0955. The van der Waals surface area contributed by atoms with Crippen LogP contribution in [0.5, 0.6) is 11.5 Å². The molecule has 2 heterocycles. The van der Waals surface area contributed by atoms with E-state index < -0.39 is 30.5 Å². The van der Waals surface area contributed by atoms with E-state index in [9.17, 15) is 22.8 Å². The number of nitrogens with zero attached hydrogens (tertiary/aromatic N) is 2. The van der Waals surface area contributed by atoms with Crippen molar-refractivity contribution in [2.75, 3.05) is 16.8 Å². The Balaban J connectivity index is 1.65. The van der Waals surface area contributed by atoms with Crippen molar-refractivity contribution in [3.8, 4) is 11.5 Å². The lowest BCUT2D eigenvalue weighted by Gasteiger charge is -2.35. The van der Waals surface area contributed by atoms with Crippen molar-refractivity contribution in [1.29, 1.82) is 0 Å². The first-order valence-electron chi connectivity index (χ1n) is 9.85. The highest BCUT2D eigenvalue weighted by Gasteiger charge is 2.34. The summed E-state index contributed by atoms with van der Waals surface area (Å²) in [6, 6.07) is 12.4. The minimum absolute atomic E-state index is 0.00115. The van der Waals surface area contributed by atoms with Gasteiger partial charge in [0.15, 0.2) is 11.6 Å². The molecule has 4 rings (SSSR count). The molecule has 1 aliphatic heterocycles. The van der Waals surface area contributed by atoms with Gasteiger partial charge in [-0.25, -0.2) is 9.78 Å². The number of para-hydroxylation sites is 1. The average Bonchev–Trinajstić information content (AvgIpc) is 2.78. The highest BCUT2D eigenvalue weighted by molar-refractivity contribution is 6.33. The minimum atomic E-state index is -4.85. The molecule has 1 aromatic heterocycles. The third-order valence-corrected chi connectivity index (χ3v) is 4.98. The second-order valence-corrected chi connectivity index (χ2v) is 7.44. The number of alkyl halides is 3. The van der Waals surface area contributed by atoms with E-state index in [-0.39, 0.29) is 34.4 Å². The Kier molecular flexibility index (Phi) is 6.56. The maximum Gasteiger partial charge on any atom is 0.573 e. The second kappa shape index (κ2) is 9.58. The van der Waals surface area contributed by atoms with E-state index >= 15 is 0 Å². The van der Waals surface area contributed by atoms with Crippen molar-refractivity contribution in [3.05, 3.63) is 71.4 Å². The molecule has 35 heavy (non-hydrogen) atoms. The highest BCUT2D eigenvalue weighted by Crippen LogP contribution is 2.42. The Bertz CT molecular complexity index is 1260. The number of aromatic nitrogens is 1. The molecule has 182 valence electrons. The number of halogens is 4. The molecule has 0 bridgehead atoms. The van der Waals surface area contributed by atoms with Gasteiger partial charge in [-0.2, -0.15) is 0 Å². The number of anilines is 3. The number of nitrogens with one attached hydrogen (secondary N) is 1. The third-order valence-electron chi connectivity index (χ3n) is 4.68. The Labute approximate surface area is 200 Å². The van der Waals surface area contributed by atoms with Gasteiger partial charge in [0.2, 0.25) is 0 Å². The fourth-order valence-corrected chi connectivity index (χ4v) is 3.57. The fourth-order valence-electron chi connectivity index (χ4n) is 3.34. The van der Waals surface area contributed by atoms with Gasteiger partial charge in [0, 0.05) is 11.9 Å². The number of carbonyl (C=O) groups is 2. The average molecular weight is 510 g/mol. The minimum Gasteiger partial charge on any atom is -0.450 e. The third kappa shape index (κ3) is 5.66. The lowest BCUT2D eigenvalue weighted by atomic mass is 10.1. The zero-order chi connectivity index (χ0) is 25.2. The van der Waals surface area contributed by atoms with Crippen LogP contribution in [0, 0.1) is 0 Å². The maximum atomic E-state index is 13.0. The van der Waals surface area contributed by atoms with Crippen LogP contribution in [0.3, 0.4) is 0 Å². The smallest absolute Gasteiger partial charge is 0.450 e. The summed E-state index contributed by atoms with van der Waals surface area (Å²) in [5, 5.41) is 11.9. The van der Waals surface area contributed by atoms with E-state index in [2.05, 4.69) is 15.0 Å². The largest absolute Gasteiger partial charge is 0.573 e. The predicted octanol–water partition coefficient (Wildman–Crippen LogP) is 5.44. The molecule has 0 aliphatic carbocycles. The summed E-state index contributed by atoms with van der Waals surface area (Å²) in [4.78, 5) is 29.9. The molecule has 13 heteroatoms. The van der Waals surface area contributed by atoms with Crippen LogP contribution in [0.25, 0.3) is 0 Å². The quantitative estimate of drug-likeness (QED) is 0.438. The summed E-state index contributed by atoms with van der Waals surface area (Å²) in [5.41, 5.74) is 0.562. The van der Waals surface area contributed by atoms with Crippen molar-refractivity contribution >= 4 is 40.9 Å². The summed E-state index contributed by atoms with van der Waals surface area (Å²) in [5.74, 6) is -0.835. The number of ether oxygens (including phenoxy) is 3. The molecule has 0 saturated heterocycles. The van der Waals surface area contributed by atoms with Crippen molar-refractivity contribution in [3.63, 3.8) is 0 Å². The lowest BCUT2D eigenvalue weighted by molar-refractivity contribution is -0.274. The zero-order valence-corrected chi connectivity index (χ0v) is 18.2. The van der Waals surface area contributed by atoms with Crippen LogP contribution in [-0.4, -0.2) is 41.4 Å². The Hall–Kier alpha value is -4.19. The second-order valence-electron chi connectivity index (χ2n) is 7.03. The van der Waals surface area contributed by atoms with Gasteiger partial charge >= 0.3 is 12.5 Å². The first kappa shape index (κ1) is 24.0. The fraction of sp³-hybridized carbons (Fsp3) is 0.136. The number of pyridine rings is 1. The number of carboxylic acid groups (broad SMARTS) is 1. The number of fused-ring (bicyclic) bond motifs is 1. The van der Waals surface area contributed by atoms with E-state index in [4.69, 9.17) is 26.2 Å². The normalized spacial score (nSPS) is 15.0. The molecule has 3 aromatic rings. The monoisotopic (exact) mass is 509 g/mol. The topological polar surface area (TPSA) is 110 Å². The van der Waals surface area contributed by atoms with Gasteiger partial charge in [0.05, 0.1) is 22.8 Å². The highest BCUT2D eigenvalue weighted by atomic mass is 35.5. The summed E-state index contributed by atoms with van der Waals surface area (Å²) in [7, 11) is 0. The molecule has 1 atom stereocenters. The SMILES string of the molecule is O=C(O)OC1CN(c2ncccc2Cl)c2cccc(C(=O)Nc3ccc(OC(F)(F)F)cc3)c2O1. The van der Waals surface area contributed by atoms with Crippen molar-refractivity contribution in [1.82, 2.24) is 4.98 Å². The predicted molar refractivity (Wildman–Crippen MR) is 117 cm³/mol. The van der Waals surface area contributed by atoms with Gasteiger partial charge in [-0.05, 0) is 48.5 Å².